The quantitative estimate of drug-likeness (QED) is 0.749. The summed E-state index contributed by atoms with van der Waals surface area (Å²) in [5.41, 5.74) is -0.874. The normalized spacial score (nSPS) is 29.8. The highest BCUT2D eigenvalue weighted by atomic mass is 16.2. The molecule has 4 aliphatic rings. The van der Waals surface area contributed by atoms with Crippen molar-refractivity contribution in [1.29, 1.82) is 0 Å². The highest BCUT2D eigenvalue weighted by Crippen LogP contribution is 2.55. The number of nitrogens with zero attached hydrogens (tertiary/aromatic N) is 4. The van der Waals surface area contributed by atoms with Crippen LogP contribution >= 0.6 is 0 Å². The molecular weight excluding hydrogens is 400 g/mol. The maximum absolute atomic E-state index is 12.8. The predicted molar refractivity (Wildman–Crippen MR) is 113 cm³/mol. The first-order chi connectivity index (χ1) is 14.7. The zero-order chi connectivity index (χ0) is 22.1. The number of aryl methyl sites for hydroxylation is 1. The summed E-state index contributed by atoms with van der Waals surface area (Å²) in [4.78, 5) is 54.4. The van der Waals surface area contributed by atoms with Crippen molar-refractivity contribution >= 4 is 23.1 Å². The standard InChI is InChI=1S/C21H28N6O4/c1-11(27-10-22-16-15(27)18(29)26(3)20(31)25(16)2)17(28)23-19(30)24-21-7-12-4-13(8-21)6-14(5-12)9-21/h10-14H,4-9H2,1-3H3,(H2,23,24,28,30)/t11-,12?,13?,14?,21?/m0/s1. The summed E-state index contributed by atoms with van der Waals surface area (Å²) in [5, 5.41) is 5.58. The molecule has 2 aromatic heterocycles. The second kappa shape index (κ2) is 6.80. The first-order valence-electron chi connectivity index (χ1n) is 10.9. The number of hydrogen-bond donors (Lipinski definition) is 2. The minimum Gasteiger partial charge on any atom is -0.332 e. The summed E-state index contributed by atoms with van der Waals surface area (Å²) in [7, 11) is 2.90. The molecule has 2 N–H and O–H groups in total. The molecule has 4 aliphatic carbocycles. The fourth-order valence-electron chi connectivity index (χ4n) is 6.54. The molecule has 6 rings (SSSR count). The number of amides is 3. The lowest BCUT2D eigenvalue weighted by Gasteiger charge is -2.56. The van der Waals surface area contributed by atoms with Gasteiger partial charge in [0.15, 0.2) is 11.2 Å². The van der Waals surface area contributed by atoms with E-state index in [0.717, 1.165) is 23.8 Å². The van der Waals surface area contributed by atoms with Gasteiger partial charge in [0.05, 0.1) is 6.33 Å². The Hall–Kier alpha value is -2.91. The van der Waals surface area contributed by atoms with Crippen molar-refractivity contribution in [2.75, 3.05) is 0 Å². The monoisotopic (exact) mass is 428 g/mol. The third-order valence-electron chi connectivity index (χ3n) is 7.62. The Morgan fingerprint density at radius 3 is 2.23 bits per heavy atom. The van der Waals surface area contributed by atoms with E-state index in [9.17, 15) is 19.2 Å². The Labute approximate surface area is 178 Å². The van der Waals surface area contributed by atoms with Gasteiger partial charge in [-0.15, -0.1) is 0 Å². The molecular formula is C21H28N6O4. The van der Waals surface area contributed by atoms with Gasteiger partial charge in [-0.1, -0.05) is 0 Å². The molecule has 1 atom stereocenters. The van der Waals surface area contributed by atoms with Crippen LogP contribution < -0.4 is 21.9 Å². The molecule has 0 spiro atoms. The number of nitrogens with one attached hydrogen (secondary N) is 2. The molecule has 0 aliphatic heterocycles. The van der Waals surface area contributed by atoms with Gasteiger partial charge >= 0.3 is 11.7 Å². The fraction of sp³-hybridized carbons (Fsp3) is 0.667. The third kappa shape index (κ3) is 3.11. The van der Waals surface area contributed by atoms with Gasteiger partial charge in [0.25, 0.3) is 11.5 Å². The average Bonchev–Trinajstić information content (AvgIpc) is 3.13. The van der Waals surface area contributed by atoms with Gasteiger partial charge in [-0.2, -0.15) is 0 Å². The van der Waals surface area contributed by atoms with Gasteiger partial charge in [0.2, 0.25) is 0 Å². The topological polar surface area (TPSA) is 120 Å². The van der Waals surface area contributed by atoms with Crippen molar-refractivity contribution in [3.63, 3.8) is 0 Å². The second-order valence-corrected chi connectivity index (χ2v) is 9.85. The molecule has 4 saturated carbocycles. The summed E-state index contributed by atoms with van der Waals surface area (Å²) >= 11 is 0. The zero-order valence-electron chi connectivity index (χ0n) is 18.1. The van der Waals surface area contributed by atoms with Crippen molar-refractivity contribution in [3.8, 4) is 0 Å². The van der Waals surface area contributed by atoms with Crippen LogP contribution in [-0.4, -0.2) is 36.2 Å². The van der Waals surface area contributed by atoms with Crippen LogP contribution in [0.3, 0.4) is 0 Å². The van der Waals surface area contributed by atoms with E-state index in [-0.39, 0.29) is 16.7 Å². The van der Waals surface area contributed by atoms with Crippen LogP contribution in [0.1, 0.15) is 51.5 Å². The van der Waals surface area contributed by atoms with Gasteiger partial charge in [0, 0.05) is 19.6 Å². The van der Waals surface area contributed by atoms with E-state index in [1.165, 1.54) is 48.8 Å². The lowest BCUT2D eigenvalue weighted by atomic mass is 9.53. The number of aromatic nitrogens is 4. The van der Waals surface area contributed by atoms with E-state index >= 15 is 0 Å². The molecule has 0 unspecified atom stereocenters. The smallest absolute Gasteiger partial charge is 0.332 e. The van der Waals surface area contributed by atoms with E-state index in [1.807, 2.05) is 0 Å². The molecule has 10 heteroatoms. The molecule has 0 aromatic carbocycles. The summed E-state index contributed by atoms with van der Waals surface area (Å²) < 4.78 is 3.65. The van der Waals surface area contributed by atoms with Gasteiger partial charge < -0.3 is 9.88 Å². The van der Waals surface area contributed by atoms with Crippen molar-refractivity contribution < 1.29 is 9.59 Å². The highest BCUT2D eigenvalue weighted by Gasteiger charge is 2.51. The number of carbonyl (C=O) groups is 2. The van der Waals surface area contributed by atoms with Crippen LogP contribution in [0, 0.1) is 17.8 Å². The van der Waals surface area contributed by atoms with Crippen molar-refractivity contribution in [2.45, 2.75) is 57.0 Å². The minimum absolute atomic E-state index is 0.147. The van der Waals surface area contributed by atoms with Crippen LogP contribution in [0.4, 0.5) is 4.79 Å². The molecule has 0 saturated heterocycles. The predicted octanol–water partition coefficient (Wildman–Crippen LogP) is 0.789. The minimum atomic E-state index is -0.850. The van der Waals surface area contributed by atoms with Crippen LogP contribution in [0.25, 0.3) is 11.2 Å². The van der Waals surface area contributed by atoms with E-state index in [2.05, 4.69) is 15.6 Å². The largest absolute Gasteiger partial charge is 0.332 e. The zero-order valence-corrected chi connectivity index (χ0v) is 18.1. The summed E-state index contributed by atoms with van der Waals surface area (Å²) in [6.07, 6.45) is 8.13. The molecule has 10 nitrogen and oxygen atoms in total. The van der Waals surface area contributed by atoms with Gasteiger partial charge in [0.1, 0.15) is 6.04 Å². The molecule has 4 fully saturated rings. The Bertz CT molecular complexity index is 1170. The molecule has 0 radical (unpaired) electrons. The maximum atomic E-state index is 12.8. The van der Waals surface area contributed by atoms with E-state index in [0.29, 0.717) is 17.8 Å². The number of rotatable bonds is 3. The Morgan fingerprint density at radius 2 is 1.65 bits per heavy atom. The Kier molecular flexibility index (Phi) is 4.39. The number of imide groups is 1. The van der Waals surface area contributed by atoms with Crippen LogP contribution in [0.15, 0.2) is 15.9 Å². The number of carbonyl (C=O) groups excluding carboxylic acids is 2. The summed E-state index contributed by atoms with van der Waals surface area (Å²) in [6, 6.07) is -1.33. The lowest BCUT2D eigenvalue weighted by molar-refractivity contribution is -0.122. The first kappa shape index (κ1) is 20.0. The second-order valence-electron chi connectivity index (χ2n) is 9.85. The molecule has 3 amide bonds. The summed E-state index contributed by atoms with van der Waals surface area (Å²) in [5.74, 6) is 1.52. The van der Waals surface area contributed by atoms with E-state index < -0.39 is 29.2 Å². The van der Waals surface area contributed by atoms with Gasteiger partial charge in [-0.3, -0.25) is 24.0 Å². The first-order valence-corrected chi connectivity index (χ1v) is 10.9. The third-order valence-corrected chi connectivity index (χ3v) is 7.62. The van der Waals surface area contributed by atoms with Crippen molar-refractivity contribution in [2.24, 2.45) is 31.8 Å². The maximum Gasteiger partial charge on any atom is 0.332 e. The summed E-state index contributed by atoms with van der Waals surface area (Å²) in [6.45, 7) is 1.60. The van der Waals surface area contributed by atoms with Crippen LogP contribution in [0.5, 0.6) is 0 Å². The van der Waals surface area contributed by atoms with Gasteiger partial charge in [-0.25, -0.2) is 14.6 Å². The van der Waals surface area contributed by atoms with Gasteiger partial charge in [-0.05, 0) is 63.2 Å². The fourth-order valence-corrected chi connectivity index (χ4v) is 6.54. The number of hydrogen-bond acceptors (Lipinski definition) is 5. The highest BCUT2D eigenvalue weighted by molar-refractivity contribution is 5.96. The van der Waals surface area contributed by atoms with Crippen molar-refractivity contribution in [3.05, 3.63) is 27.2 Å². The van der Waals surface area contributed by atoms with E-state index in [4.69, 9.17) is 0 Å². The average molecular weight is 428 g/mol. The molecule has 166 valence electrons. The van der Waals surface area contributed by atoms with E-state index in [1.54, 1.807) is 6.92 Å². The number of urea groups is 1. The SMILES string of the molecule is C[C@@H](C(=O)NC(=O)NC12CC3CC(CC(C3)C1)C2)n1cnc2c1c(=O)n(C)c(=O)n2C. The molecule has 31 heavy (non-hydrogen) atoms. The molecule has 2 aromatic rings. The Morgan fingerprint density at radius 1 is 1.06 bits per heavy atom. The number of fused-ring (bicyclic) bond motifs is 1. The molecule has 4 bridgehead atoms. The Balaban J connectivity index is 1.34. The molecule has 2 heterocycles. The van der Waals surface area contributed by atoms with Crippen LogP contribution in [-0.2, 0) is 18.9 Å². The van der Waals surface area contributed by atoms with Crippen molar-refractivity contribution in [1.82, 2.24) is 29.3 Å². The number of imidazole rings is 1. The van der Waals surface area contributed by atoms with Crippen LogP contribution in [0.2, 0.25) is 0 Å². The lowest BCUT2D eigenvalue weighted by Crippen LogP contribution is -2.62.